The molecule has 0 atom stereocenters. The van der Waals surface area contributed by atoms with Crippen LogP contribution in [0.2, 0.25) is 0 Å². The number of amides is 1. The zero-order valence-electron chi connectivity index (χ0n) is 15.4. The van der Waals surface area contributed by atoms with E-state index >= 15 is 0 Å². The summed E-state index contributed by atoms with van der Waals surface area (Å²) < 4.78 is 23.9. The molecule has 0 aromatic heterocycles. The second-order valence-electron chi connectivity index (χ2n) is 6.68. The smallest absolute Gasteiger partial charge is 0.311 e. The number of piperazine rings is 1. The van der Waals surface area contributed by atoms with Crippen molar-refractivity contribution < 1.29 is 18.1 Å². The van der Waals surface area contributed by atoms with Crippen molar-refractivity contribution in [3.05, 3.63) is 64.2 Å². The van der Waals surface area contributed by atoms with Crippen LogP contribution in [-0.4, -0.2) is 56.6 Å². The highest BCUT2D eigenvalue weighted by molar-refractivity contribution is 7.90. The van der Waals surface area contributed by atoms with Gasteiger partial charge in [0.1, 0.15) is 10.6 Å². The van der Waals surface area contributed by atoms with Crippen LogP contribution in [-0.2, 0) is 21.1 Å². The first-order valence-corrected chi connectivity index (χ1v) is 10.7. The third-order valence-electron chi connectivity index (χ3n) is 4.73. The maximum absolute atomic E-state index is 12.5. The van der Waals surface area contributed by atoms with Gasteiger partial charge in [0.05, 0.1) is 11.3 Å². The zero-order chi connectivity index (χ0) is 20.3. The topological polar surface area (TPSA) is 101 Å². The van der Waals surface area contributed by atoms with E-state index in [1.807, 2.05) is 30.3 Å². The molecule has 9 heteroatoms. The van der Waals surface area contributed by atoms with E-state index in [2.05, 4.69) is 0 Å². The van der Waals surface area contributed by atoms with Gasteiger partial charge >= 0.3 is 5.69 Å². The first-order valence-electron chi connectivity index (χ1n) is 8.81. The highest BCUT2D eigenvalue weighted by Gasteiger charge is 2.31. The van der Waals surface area contributed by atoms with Crippen molar-refractivity contribution in [1.82, 2.24) is 4.90 Å². The van der Waals surface area contributed by atoms with Crippen LogP contribution in [0.4, 0.5) is 11.4 Å². The van der Waals surface area contributed by atoms with E-state index < -0.39 is 20.4 Å². The SMILES string of the molecule is CS(=O)(=O)c1cccc(N2CCN(C(=O)Cc3ccccc3)CC2)c1[N+](=O)[O-]. The van der Waals surface area contributed by atoms with Crippen molar-refractivity contribution in [2.24, 2.45) is 0 Å². The normalized spacial score (nSPS) is 14.8. The zero-order valence-corrected chi connectivity index (χ0v) is 16.3. The van der Waals surface area contributed by atoms with Crippen molar-refractivity contribution in [3.63, 3.8) is 0 Å². The summed E-state index contributed by atoms with van der Waals surface area (Å²) >= 11 is 0. The maximum Gasteiger partial charge on any atom is 0.311 e. The number of nitrogens with zero attached hydrogens (tertiary/aromatic N) is 3. The minimum absolute atomic E-state index is 0.00485. The largest absolute Gasteiger partial charge is 0.362 e. The number of carbonyl (C=O) groups excluding carboxylic acids is 1. The molecule has 1 heterocycles. The van der Waals surface area contributed by atoms with Crippen LogP contribution in [0.5, 0.6) is 0 Å². The average Bonchev–Trinajstić information content (AvgIpc) is 2.67. The van der Waals surface area contributed by atoms with Gasteiger partial charge in [-0.15, -0.1) is 0 Å². The van der Waals surface area contributed by atoms with Crippen molar-refractivity contribution in [2.75, 3.05) is 37.3 Å². The number of anilines is 1. The number of carbonyl (C=O) groups is 1. The molecule has 0 N–H and O–H groups in total. The van der Waals surface area contributed by atoms with Crippen LogP contribution in [0.25, 0.3) is 0 Å². The third kappa shape index (κ3) is 4.30. The number of sulfone groups is 1. The van der Waals surface area contributed by atoms with Crippen LogP contribution >= 0.6 is 0 Å². The molecule has 0 spiro atoms. The maximum atomic E-state index is 12.5. The van der Waals surface area contributed by atoms with Crippen LogP contribution in [0.15, 0.2) is 53.4 Å². The number of para-hydroxylation sites is 1. The predicted molar refractivity (Wildman–Crippen MR) is 105 cm³/mol. The molecule has 0 bridgehead atoms. The second-order valence-corrected chi connectivity index (χ2v) is 8.67. The molecule has 2 aromatic rings. The first-order chi connectivity index (χ1) is 13.3. The van der Waals surface area contributed by atoms with Gasteiger partial charge in [0.25, 0.3) is 0 Å². The lowest BCUT2D eigenvalue weighted by molar-refractivity contribution is -0.387. The average molecular weight is 403 g/mol. The van der Waals surface area contributed by atoms with Gasteiger partial charge < -0.3 is 9.80 Å². The lowest BCUT2D eigenvalue weighted by Gasteiger charge is -2.36. The molecule has 28 heavy (non-hydrogen) atoms. The molecule has 1 aliphatic rings. The highest BCUT2D eigenvalue weighted by Crippen LogP contribution is 2.35. The van der Waals surface area contributed by atoms with Gasteiger partial charge in [-0.3, -0.25) is 14.9 Å². The Balaban J connectivity index is 1.75. The van der Waals surface area contributed by atoms with Crippen molar-refractivity contribution >= 4 is 27.1 Å². The third-order valence-corrected chi connectivity index (χ3v) is 5.86. The van der Waals surface area contributed by atoms with Crippen molar-refractivity contribution in [1.29, 1.82) is 0 Å². The Hall–Kier alpha value is -2.94. The van der Waals surface area contributed by atoms with Gasteiger partial charge in [-0.1, -0.05) is 36.4 Å². The molecular formula is C19H21N3O5S. The Morgan fingerprint density at radius 2 is 1.68 bits per heavy atom. The summed E-state index contributed by atoms with van der Waals surface area (Å²) in [6, 6.07) is 13.8. The van der Waals surface area contributed by atoms with Crippen molar-refractivity contribution in [3.8, 4) is 0 Å². The molecule has 1 saturated heterocycles. The van der Waals surface area contributed by atoms with Crippen LogP contribution in [0.1, 0.15) is 5.56 Å². The fraction of sp³-hybridized carbons (Fsp3) is 0.316. The molecule has 3 rings (SSSR count). The van der Waals surface area contributed by atoms with Crippen LogP contribution < -0.4 is 4.90 Å². The van der Waals surface area contributed by atoms with E-state index in [1.54, 1.807) is 15.9 Å². The summed E-state index contributed by atoms with van der Waals surface area (Å²) in [6.45, 7) is 1.64. The summed E-state index contributed by atoms with van der Waals surface area (Å²) in [5.41, 5.74) is 0.795. The van der Waals surface area contributed by atoms with E-state index in [-0.39, 0.29) is 16.5 Å². The molecular weight excluding hydrogens is 382 g/mol. The lowest BCUT2D eigenvalue weighted by atomic mass is 10.1. The van der Waals surface area contributed by atoms with Crippen LogP contribution in [0.3, 0.4) is 0 Å². The first kappa shape index (κ1) is 19.8. The van der Waals surface area contributed by atoms with E-state index in [0.29, 0.717) is 32.6 Å². The monoisotopic (exact) mass is 403 g/mol. The summed E-state index contributed by atoms with van der Waals surface area (Å²) in [4.78, 5) is 26.6. The standard InChI is InChI=1S/C19H21N3O5S/c1-28(26,27)17-9-5-8-16(19(17)22(24)25)20-10-12-21(13-11-20)18(23)14-15-6-3-2-4-7-15/h2-9H,10-14H2,1H3. The van der Waals surface area contributed by atoms with Gasteiger partial charge in [-0.05, 0) is 17.7 Å². The molecule has 0 aliphatic carbocycles. The van der Waals surface area contributed by atoms with E-state index in [0.717, 1.165) is 11.8 Å². The Bertz CT molecular complexity index is 984. The Morgan fingerprint density at radius 3 is 2.25 bits per heavy atom. The summed E-state index contributed by atoms with van der Waals surface area (Å²) in [6.07, 6.45) is 1.27. The molecule has 0 unspecified atom stereocenters. The molecule has 0 radical (unpaired) electrons. The van der Waals surface area contributed by atoms with E-state index in [9.17, 15) is 23.3 Å². The molecule has 1 aliphatic heterocycles. The number of benzene rings is 2. The van der Waals surface area contributed by atoms with Gasteiger partial charge in [0, 0.05) is 32.4 Å². The van der Waals surface area contributed by atoms with E-state index in [4.69, 9.17) is 0 Å². The van der Waals surface area contributed by atoms with E-state index in [1.165, 1.54) is 12.1 Å². The van der Waals surface area contributed by atoms with Gasteiger partial charge in [0.2, 0.25) is 5.91 Å². The molecule has 2 aromatic carbocycles. The summed E-state index contributed by atoms with van der Waals surface area (Å²) in [5.74, 6) is 0.00485. The van der Waals surface area contributed by atoms with Crippen LogP contribution in [0, 0.1) is 10.1 Å². The minimum Gasteiger partial charge on any atom is -0.362 e. The fourth-order valence-corrected chi connectivity index (χ4v) is 4.18. The Kier molecular flexibility index (Phi) is 5.64. The van der Waals surface area contributed by atoms with Gasteiger partial charge in [0.15, 0.2) is 9.84 Å². The van der Waals surface area contributed by atoms with Gasteiger partial charge in [-0.25, -0.2) is 8.42 Å². The fourth-order valence-electron chi connectivity index (χ4n) is 3.33. The van der Waals surface area contributed by atoms with Crippen molar-refractivity contribution in [2.45, 2.75) is 11.3 Å². The summed E-state index contributed by atoms with van der Waals surface area (Å²) in [5, 5.41) is 11.6. The lowest BCUT2D eigenvalue weighted by Crippen LogP contribution is -2.49. The number of hydrogen-bond acceptors (Lipinski definition) is 6. The summed E-state index contributed by atoms with van der Waals surface area (Å²) in [7, 11) is -3.73. The number of hydrogen-bond donors (Lipinski definition) is 0. The quantitative estimate of drug-likeness (QED) is 0.558. The Labute approximate surface area is 163 Å². The molecule has 148 valence electrons. The molecule has 8 nitrogen and oxygen atoms in total. The minimum atomic E-state index is -3.73. The highest BCUT2D eigenvalue weighted by atomic mass is 32.2. The van der Waals surface area contributed by atoms with Gasteiger partial charge in [-0.2, -0.15) is 0 Å². The molecule has 0 saturated carbocycles. The predicted octanol–water partition coefficient (Wildman–Crippen LogP) is 1.89. The number of nitro groups is 1. The number of rotatable bonds is 5. The number of nitro benzene ring substituents is 1. The second kappa shape index (κ2) is 7.97. The molecule has 1 fully saturated rings. The molecule has 1 amide bonds. The Morgan fingerprint density at radius 1 is 1.04 bits per heavy atom.